The molecular formula is C20H22ClNO3. The highest BCUT2D eigenvalue weighted by molar-refractivity contribution is 6.31. The van der Waals surface area contributed by atoms with Crippen LogP contribution in [0.1, 0.15) is 29.5 Å². The summed E-state index contributed by atoms with van der Waals surface area (Å²) in [4.78, 5) is 13.4. The van der Waals surface area contributed by atoms with Crippen LogP contribution < -0.4 is 4.74 Å². The molecule has 1 saturated heterocycles. The highest BCUT2D eigenvalue weighted by Crippen LogP contribution is 2.30. The molecule has 3 rings (SSSR count). The van der Waals surface area contributed by atoms with E-state index in [9.17, 15) is 9.90 Å². The van der Waals surface area contributed by atoms with Crippen LogP contribution in [-0.2, 0) is 17.9 Å². The van der Waals surface area contributed by atoms with Crippen molar-refractivity contribution in [2.45, 2.75) is 39.0 Å². The van der Waals surface area contributed by atoms with Gasteiger partial charge in [-0.25, -0.2) is 0 Å². The van der Waals surface area contributed by atoms with E-state index < -0.39 is 12.0 Å². The lowest BCUT2D eigenvalue weighted by atomic mass is 10.1. The van der Waals surface area contributed by atoms with Gasteiger partial charge in [0.25, 0.3) is 0 Å². The molecule has 1 aliphatic rings. The van der Waals surface area contributed by atoms with E-state index in [0.29, 0.717) is 24.6 Å². The number of carboxylic acid groups (broad SMARTS) is 1. The maximum absolute atomic E-state index is 11.4. The van der Waals surface area contributed by atoms with Crippen molar-refractivity contribution in [3.63, 3.8) is 0 Å². The zero-order valence-electron chi connectivity index (χ0n) is 14.2. The van der Waals surface area contributed by atoms with Crippen molar-refractivity contribution in [3.05, 3.63) is 64.2 Å². The van der Waals surface area contributed by atoms with Gasteiger partial charge in [0, 0.05) is 17.1 Å². The van der Waals surface area contributed by atoms with Gasteiger partial charge in [0.05, 0.1) is 0 Å². The highest BCUT2D eigenvalue weighted by Gasteiger charge is 2.31. The van der Waals surface area contributed by atoms with Gasteiger partial charge in [-0.1, -0.05) is 41.9 Å². The summed E-state index contributed by atoms with van der Waals surface area (Å²) in [5.41, 5.74) is 2.97. The van der Waals surface area contributed by atoms with Crippen LogP contribution >= 0.6 is 11.6 Å². The number of aliphatic carboxylic acids is 1. The van der Waals surface area contributed by atoms with Gasteiger partial charge in [0.2, 0.25) is 0 Å². The Morgan fingerprint density at radius 3 is 2.80 bits per heavy atom. The molecule has 0 amide bonds. The first-order chi connectivity index (χ1) is 12.0. The molecule has 2 aromatic rings. The number of aryl methyl sites for hydroxylation is 1. The molecular weight excluding hydrogens is 338 g/mol. The van der Waals surface area contributed by atoms with Crippen molar-refractivity contribution < 1.29 is 14.6 Å². The minimum Gasteiger partial charge on any atom is -0.489 e. The Hall–Kier alpha value is -2.04. The van der Waals surface area contributed by atoms with E-state index in [1.807, 2.05) is 54.3 Å². The van der Waals surface area contributed by atoms with Gasteiger partial charge >= 0.3 is 5.97 Å². The second-order valence-corrected chi connectivity index (χ2v) is 6.86. The fourth-order valence-corrected chi connectivity index (χ4v) is 3.39. The minimum atomic E-state index is -0.762. The molecule has 0 radical (unpaired) electrons. The van der Waals surface area contributed by atoms with E-state index in [0.717, 1.165) is 35.4 Å². The third kappa shape index (κ3) is 4.33. The number of hydrogen-bond acceptors (Lipinski definition) is 3. The highest BCUT2D eigenvalue weighted by atomic mass is 35.5. The van der Waals surface area contributed by atoms with Crippen LogP contribution in [0.5, 0.6) is 5.75 Å². The molecule has 0 aromatic heterocycles. The molecule has 5 heteroatoms. The number of halogens is 1. The molecule has 0 aliphatic carbocycles. The molecule has 1 fully saturated rings. The molecule has 2 aromatic carbocycles. The summed E-state index contributed by atoms with van der Waals surface area (Å²) < 4.78 is 6.03. The van der Waals surface area contributed by atoms with Gasteiger partial charge in [-0.3, -0.25) is 9.69 Å². The van der Waals surface area contributed by atoms with Crippen LogP contribution in [0, 0.1) is 6.92 Å². The summed E-state index contributed by atoms with van der Waals surface area (Å²) in [6, 6.07) is 13.4. The molecule has 1 N–H and O–H groups in total. The van der Waals surface area contributed by atoms with Gasteiger partial charge in [-0.05, 0) is 49.6 Å². The maximum Gasteiger partial charge on any atom is 0.320 e. The first-order valence-electron chi connectivity index (χ1n) is 8.47. The summed E-state index contributed by atoms with van der Waals surface area (Å²) in [5, 5.41) is 10.1. The molecule has 4 nitrogen and oxygen atoms in total. The number of rotatable bonds is 6. The van der Waals surface area contributed by atoms with Crippen molar-refractivity contribution in [3.8, 4) is 5.75 Å². The van der Waals surface area contributed by atoms with Gasteiger partial charge in [0.15, 0.2) is 0 Å². The van der Waals surface area contributed by atoms with Crippen molar-refractivity contribution in [2.24, 2.45) is 0 Å². The number of carboxylic acids is 1. The van der Waals surface area contributed by atoms with E-state index in [1.165, 1.54) is 0 Å². The summed E-state index contributed by atoms with van der Waals surface area (Å²) in [7, 11) is 0. The van der Waals surface area contributed by atoms with Crippen molar-refractivity contribution >= 4 is 17.6 Å². The smallest absolute Gasteiger partial charge is 0.320 e. The van der Waals surface area contributed by atoms with Crippen LogP contribution in [0.4, 0.5) is 0 Å². The van der Waals surface area contributed by atoms with Crippen LogP contribution in [0.15, 0.2) is 42.5 Å². The standard InChI is InChI=1S/C20H22ClNO3/c1-14-10-19(25-13-15-6-3-2-4-7-15)16(11-17(14)21)12-22-9-5-8-18(22)20(23)24/h2-4,6-7,10-11,18H,5,8-9,12-13H2,1H3,(H,23,24). The zero-order chi connectivity index (χ0) is 17.8. The quantitative estimate of drug-likeness (QED) is 0.836. The monoisotopic (exact) mass is 359 g/mol. The predicted molar refractivity (Wildman–Crippen MR) is 98.0 cm³/mol. The fourth-order valence-electron chi connectivity index (χ4n) is 3.20. The number of hydrogen-bond donors (Lipinski definition) is 1. The molecule has 0 spiro atoms. The Balaban J connectivity index is 1.80. The molecule has 1 aliphatic heterocycles. The zero-order valence-corrected chi connectivity index (χ0v) is 15.0. The van der Waals surface area contributed by atoms with Crippen molar-refractivity contribution in [1.29, 1.82) is 0 Å². The average molecular weight is 360 g/mol. The molecule has 1 atom stereocenters. The summed E-state index contributed by atoms with van der Waals surface area (Å²) >= 11 is 6.30. The molecule has 132 valence electrons. The van der Waals surface area contributed by atoms with E-state index in [1.54, 1.807) is 0 Å². The Bertz CT molecular complexity index is 748. The first-order valence-corrected chi connectivity index (χ1v) is 8.85. The number of benzene rings is 2. The van der Waals surface area contributed by atoms with E-state index >= 15 is 0 Å². The second kappa shape index (κ2) is 7.89. The van der Waals surface area contributed by atoms with Gasteiger partial charge < -0.3 is 9.84 Å². The number of ether oxygens (including phenoxy) is 1. The maximum atomic E-state index is 11.4. The lowest BCUT2D eigenvalue weighted by Crippen LogP contribution is -2.35. The minimum absolute atomic E-state index is 0.429. The van der Waals surface area contributed by atoms with Crippen LogP contribution in [0.3, 0.4) is 0 Å². The number of nitrogens with zero attached hydrogens (tertiary/aromatic N) is 1. The van der Waals surface area contributed by atoms with Crippen molar-refractivity contribution in [1.82, 2.24) is 4.90 Å². The lowest BCUT2D eigenvalue weighted by Gasteiger charge is -2.23. The topological polar surface area (TPSA) is 49.8 Å². The van der Waals surface area contributed by atoms with E-state index in [2.05, 4.69) is 0 Å². The summed E-state index contributed by atoms with van der Waals surface area (Å²) in [5.74, 6) is 0.00394. The predicted octanol–water partition coefficient (Wildman–Crippen LogP) is 4.28. The fraction of sp³-hybridized carbons (Fsp3) is 0.350. The second-order valence-electron chi connectivity index (χ2n) is 6.45. The van der Waals surface area contributed by atoms with Crippen LogP contribution in [-0.4, -0.2) is 28.6 Å². The normalized spacial score (nSPS) is 17.6. The first kappa shape index (κ1) is 17.8. The van der Waals surface area contributed by atoms with Crippen LogP contribution in [0.25, 0.3) is 0 Å². The van der Waals surface area contributed by atoms with Crippen LogP contribution in [0.2, 0.25) is 5.02 Å². The Labute approximate surface area is 153 Å². The molecule has 1 unspecified atom stereocenters. The molecule has 1 heterocycles. The van der Waals surface area contributed by atoms with Gasteiger partial charge in [-0.2, -0.15) is 0 Å². The largest absolute Gasteiger partial charge is 0.489 e. The summed E-state index contributed by atoms with van der Waals surface area (Å²) in [6.45, 7) is 3.72. The Kier molecular flexibility index (Phi) is 5.61. The third-order valence-electron chi connectivity index (χ3n) is 4.60. The van der Waals surface area contributed by atoms with E-state index in [4.69, 9.17) is 16.3 Å². The lowest BCUT2D eigenvalue weighted by molar-refractivity contribution is -0.142. The average Bonchev–Trinajstić information content (AvgIpc) is 3.06. The molecule has 0 saturated carbocycles. The molecule has 25 heavy (non-hydrogen) atoms. The number of likely N-dealkylation sites (tertiary alicyclic amines) is 1. The number of carbonyl (C=O) groups is 1. The van der Waals surface area contributed by atoms with Gasteiger partial charge in [-0.15, -0.1) is 0 Å². The Morgan fingerprint density at radius 2 is 2.08 bits per heavy atom. The Morgan fingerprint density at radius 1 is 1.32 bits per heavy atom. The summed E-state index contributed by atoms with van der Waals surface area (Å²) in [6.07, 6.45) is 1.59. The van der Waals surface area contributed by atoms with E-state index in [-0.39, 0.29) is 0 Å². The third-order valence-corrected chi connectivity index (χ3v) is 5.01. The SMILES string of the molecule is Cc1cc(OCc2ccccc2)c(CN2CCCC2C(=O)O)cc1Cl. The molecule has 0 bridgehead atoms. The van der Waals surface area contributed by atoms with Crippen molar-refractivity contribution in [2.75, 3.05) is 6.54 Å². The van der Waals surface area contributed by atoms with Gasteiger partial charge in [0.1, 0.15) is 18.4 Å².